The Balaban J connectivity index is 2.44. The van der Waals surface area contributed by atoms with Gasteiger partial charge in [0.2, 0.25) is 0 Å². The lowest BCUT2D eigenvalue weighted by atomic mass is 10.1. The van der Waals surface area contributed by atoms with Crippen LogP contribution in [0.2, 0.25) is 0 Å². The molecule has 0 saturated carbocycles. The normalized spacial score (nSPS) is 12.7. The summed E-state index contributed by atoms with van der Waals surface area (Å²) in [6.45, 7) is 2.81. The van der Waals surface area contributed by atoms with Gasteiger partial charge in [0, 0.05) is 11.8 Å². The largest absolute Gasteiger partial charge is 0.329 e. The number of nitrogens with two attached hydrogens (primary N) is 1. The van der Waals surface area contributed by atoms with Crippen molar-refractivity contribution < 1.29 is 4.39 Å². The van der Waals surface area contributed by atoms with Crippen molar-refractivity contribution in [3.05, 3.63) is 35.6 Å². The number of hydrogen-bond acceptors (Lipinski definition) is 2. The number of hydrogen-bond donors (Lipinski definition) is 1. The second-order valence-corrected chi connectivity index (χ2v) is 5.16. The van der Waals surface area contributed by atoms with E-state index >= 15 is 0 Å². The summed E-state index contributed by atoms with van der Waals surface area (Å²) in [7, 11) is 0. The smallest absolute Gasteiger partial charge is 0.123 e. The van der Waals surface area contributed by atoms with Crippen molar-refractivity contribution in [3.63, 3.8) is 0 Å². The predicted octanol–water partition coefficient (Wildman–Crippen LogP) is 3.75. The van der Waals surface area contributed by atoms with Gasteiger partial charge in [-0.3, -0.25) is 0 Å². The summed E-state index contributed by atoms with van der Waals surface area (Å²) in [6, 6.07) is 6.68. The monoisotopic (exact) mass is 241 g/mol. The average Bonchev–Trinajstić information content (AvgIpc) is 2.31. The molecule has 16 heavy (non-hydrogen) atoms. The van der Waals surface area contributed by atoms with Gasteiger partial charge >= 0.3 is 0 Å². The highest BCUT2D eigenvalue weighted by Gasteiger charge is 2.09. The third kappa shape index (κ3) is 4.54. The van der Waals surface area contributed by atoms with Gasteiger partial charge in [0.1, 0.15) is 5.82 Å². The minimum atomic E-state index is -0.185. The Labute approximate surface area is 102 Å². The molecule has 1 aromatic carbocycles. The van der Waals surface area contributed by atoms with Crippen molar-refractivity contribution in [2.75, 3.05) is 12.3 Å². The van der Waals surface area contributed by atoms with Crippen LogP contribution in [-0.4, -0.2) is 12.3 Å². The molecule has 2 N–H and O–H groups in total. The molecule has 0 aliphatic heterocycles. The summed E-state index contributed by atoms with van der Waals surface area (Å²) in [5.41, 5.74) is 6.87. The zero-order chi connectivity index (χ0) is 11.8. The Morgan fingerprint density at radius 1 is 1.25 bits per heavy atom. The zero-order valence-electron chi connectivity index (χ0n) is 9.79. The van der Waals surface area contributed by atoms with E-state index in [4.69, 9.17) is 5.73 Å². The van der Waals surface area contributed by atoms with E-state index in [1.54, 1.807) is 0 Å². The molecule has 0 aliphatic rings. The van der Waals surface area contributed by atoms with Gasteiger partial charge in [-0.15, -0.1) is 0 Å². The molecule has 3 heteroatoms. The molecule has 1 rings (SSSR count). The van der Waals surface area contributed by atoms with Gasteiger partial charge < -0.3 is 5.73 Å². The van der Waals surface area contributed by atoms with Crippen molar-refractivity contribution in [2.45, 2.75) is 31.4 Å². The first-order chi connectivity index (χ1) is 7.77. The SMILES string of the molecule is CCCCCSC(CN)c1ccc(F)cc1. The highest BCUT2D eigenvalue weighted by molar-refractivity contribution is 7.99. The highest BCUT2D eigenvalue weighted by atomic mass is 32.2. The van der Waals surface area contributed by atoms with Crippen LogP contribution in [0.4, 0.5) is 4.39 Å². The van der Waals surface area contributed by atoms with Gasteiger partial charge in [0.25, 0.3) is 0 Å². The Hall–Kier alpha value is -0.540. The molecular formula is C13H20FNS. The fraction of sp³-hybridized carbons (Fsp3) is 0.538. The molecule has 1 unspecified atom stereocenters. The van der Waals surface area contributed by atoms with Crippen LogP contribution < -0.4 is 5.73 Å². The van der Waals surface area contributed by atoms with Crippen LogP contribution in [0.1, 0.15) is 37.0 Å². The lowest BCUT2D eigenvalue weighted by Crippen LogP contribution is -2.10. The van der Waals surface area contributed by atoms with Crippen LogP contribution in [0, 0.1) is 5.82 Å². The molecule has 0 bridgehead atoms. The van der Waals surface area contributed by atoms with Crippen molar-refractivity contribution in [2.24, 2.45) is 5.73 Å². The van der Waals surface area contributed by atoms with E-state index in [2.05, 4.69) is 6.92 Å². The maximum Gasteiger partial charge on any atom is 0.123 e. The van der Waals surface area contributed by atoms with Crippen LogP contribution in [0.3, 0.4) is 0 Å². The Kier molecular flexibility index (Phi) is 6.50. The Morgan fingerprint density at radius 3 is 2.50 bits per heavy atom. The van der Waals surface area contributed by atoms with Crippen LogP contribution in [-0.2, 0) is 0 Å². The molecule has 0 heterocycles. The minimum Gasteiger partial charge on any atom is -0.329 e. The molecular weight excluding hydrogens is 221 g/mol. The van der Waals surface area contributed by atoms with E-state index in [1.165, 1.54) is 31.4 Å². The third-order valence-corrected chi connectivity index (χ3v) is 3.91. The zero-order valence-corrected chi connectivity index (χ0v) is 10.6. The van der Waals surface area contributed by atoms with Gasteiger partial charge in [0.05, 0.1) is 0 Å². The van der Waals surface area contributed by atoms with Crippen LogP contribution in [0.15, 0.2) is 24.3 Å². The summed E-state index contributed by atoms with van der Waals surface area (Å²) in [6.07, 6.45) is 3.75. The summed E-state index contributed by atoms with van der Waals surface area (Å²) < 4.78 is 12.8. The fourth-order valence-corrected chi connectivity index (χ4v) is 2.70. The number of halogens is 1. The van der Waals surface area contributed by atoms with E-state index < -0.39 is 0 Å². The van der Waals surface area contributed by atoms with E-state index in [-0.39, 0.29) is 5.82 Å². The standard InChI is InChI=1S/C13H20FNS/c1-2-3-4-9-16-13(10-15)11-5-7-12(14)8-6-11/h5-8,13H,2-4,9-10,15H2,1H3. The fourth-order valence-electron chi connectivity index (χ4n) is 1.56. The first-order valence-corrected chi connectivity index (χ1v) is 6.90. The summed E-state index contributed by atoms with van der Waals surface area (Å²) in [5, 5.41) is 0.303. The van der Waals surface area contributed by atoms with E-state index in [0.717, 1.165) is 11.3 Å². The van der Waals surface area contributed by atoms with Crippen LogP contribution >= 0.6 is 11.8 Å². The molecule has 1 atom stereocenters. The Morgan fingerprint density at radius 2 is 1.94 bits per heavy atom. The van der Waals surface area contributed by atoms with Gasteiger partial charge in [-0.1, -0.05) is 31.9 Å². The average molecular weight is 241 g/mol. The number of thioether (sulfide) groups is 1. The van der Waals surface area contributed by atoms with Crippen molar-refractivity contribution in [1.82, 2.24) is 0 Å². The third-order valence-electron chi connectivity index (χ3n) is 2.52. The maximum absolute atomic E-state index is 12.8. The van der Waals surface area contributed by atoms with E-state index in [1.807, 2.05) is 23.9 Å². The maximum atomic E-state index is 12.8. The van der Waals surface area contributed by atoms with Crippen molar-refractivity contribution in [3.8, 4) is 0 Å². The molecule has 0 aliphatic carbocycles. The van der Waals surface area contributed by atoms with Gasteiger partial charge in [0.15, 0.2) is 0 Å². The number of benzene rings is 1. The summed E-state index contributed by atoms with van der Waals surface area (Å²) >= 11 is 1.87. The first kappa shape index (κ1) is 13.5. The molecule has 0 radical (unpaired) electrons. The molecule has 0 saturated heterocycles. The Bertz CT molecular complexity index is 286. The molecule has 0 spiro atoms. The molecule has 0 fully saturated rings. The van der Waals surface area contributed by atoms with Gasteiger partial charge in [-0.05, 0) is 29.9 Å². The van der Waals surface area contributed by atoms with Crippen molar-refractivity contribution >= 4 is 11.8 Å². The first-order valence-electron chi connectivity index (χ1n) is 5.85. The van der Waals surface area contributed by atoms with Crippen molar-refractivity contribution in [1.29, 1.82) is 0 Å². The number of unbranched alkanes of at least 4 members (excludes halogenated alkanes) is 2. The molecule has 0 aromatic heterocycles. The molecule has 0 amide bonds. The van der Waals surface area contributed by atoms with Gasteiger partial charge in [-0.2, -0.15) is 11.8 Å². The van der Waals surface area contributed by atoms with E-state index in [0.29, 0.717) is 11.8 Å². The lowest BCUT2D eigenvalue weighted by Gasteiger charge is -2.14. The molecule has 1 aromatic rings. The number of rotatable bonds is 7. The van der Waals surface area contributed by atoms with Crippen LogP contribution in [0.25, 0.3) is 0 Å². The predicted molar refractivity (Wildman–Crippen MR) is 70.2 cm³/mol. The quantitative estimate of drug-likeness (QED) is 0.736. The lowest BCUT2D eigenvalue weighted by molar-refractivity contribution is 0.627. The summed E-state index contributed by atoms with van der Waals surface area (Å²) in [4.78, 5) is 0. The molecule has 90 valence electrons. The summed E-state index contributed by atoms with van der Waals surface area (Å²) in [5.74, 6) is 0.947. The topological polar surface area (TPSA) is 26.0 Å². The highest BCUT2D eigenvalue weighted by Crippen LogP contribution is 2.28. The molecule has 1 nitrogen and oxygen atoms in total. The van der Waals surface area contributed by atoms with Crippen LogP contribution in [0.5, 0.6) is 0 Å². The van der Waals surface area contributed by atoms with E-state index in [9.17, 15) is 4.39 Å². The second kappa shape index (κ2) is 7.69. The van der Waals surface area contributed by atoms with Gasteiger partial charge in [-0.25, -0.2) is 4.39 Å². The minimum absolute atomic E-state index is 0.185. The second-order valence-electron chi connectivity index (χ2n) is 3.85.